The van der Waals surface area contributed by atoms with Gasteiger partial charge in [-0.05, 0) is 11.8 Å². The molecule has 17 heavy (non-hydrogen) atoms. The van der Waals surface area contributed by atoms with Gasteiger partial charge in [0.1, 0.15) is 0 Å². The minimum absolute atomic E-state index is 0.501. The van der Waals surface area contributed by atoms with E-state index in [9.17, 15) is 0 Å². The van der Waals surface area contributed by atoms with E-state index in [0.29, 0.717) is 16.2 Å². The second kappa shape index (κ2) is 5.00. The molecule has 0 saturated carbocycles. The Hall–Kier alpha value is -1.83. The minimum atomic E-state index is 0.501. The average molecular weight is 252 g/mol. The lowest BCUT2D eigenvalue weighted by molar-refractivity contribution is 0.392. The lowest BCUT2D eigenvalue weighted by Crippen LogP contribution is -2.13. The van der Waals surface area contributed by atoms with Crippen LogP contribution in [-0.2, 0) is 6.42 Å². The summed E-state index contributed by atoms with van der Waals surface area (Å²) in [5.74, 6) is 7.04. The van der Waals surface area contributed by atoms with E-state index >= 15 is 0 Å². The zero-order valence-electron chi connectivity index (χ0n) is 9.49. The Labute approximate surface area is 102 Å². The van der Waals surface area contributed by atoms with Crippen LogP contribution in [0.25, 0.3) is 0 Å². The molecule has 0 saturated heterocycles. The fourth-order valence-electron chi connectivity index (χ4n) is 1.19. The van der Waals surface area contributed by atoms with Crippen LogP contribution in [0.15, 0.2) is 22.6 Å². The molecule has 2 aromatic heterocycles. The molecule has 0 bridgehead atoms. The molecule has 2 N–H and O–H groups in total. The number of nitrogens with zero attached hydrogens (tertiary/aromatic N) is 5. The normalized spacial score (nSPS) is 10.5. The van der Waals surface area contributed by atoms with Crippen molar-refractivity contribution in [3.8, 4) is 5.88 Å². The molecule has 2 heterocycles. The Morgan fingerprint density at radius 2 is 2.29 bits per heavy atom. The molecule has 0 aliphatic heterocycles. The molecule has 2 rings (SSSR count). The summed E-state index contributed by atoms with van der Waals surface area (Å²) in [5.41, 5.74) is 0. The second-order valence-corrected chi connectivity index (χ2v) is 4.04. The van der Waals surface area contributed by atoms with Gasteiger partial charge in [-0.3, -0.25) is 0 Å². The van der Waals surface area contributed by atoms with Gasteiger partial charge in [-0.25, -0.2) is 9.66 Å². The summed E-state index contributed by atoms with van der Waals surface area (Å²) in [5, 5.41) is 8.99. The summed E-state index contributed by atoms with van der Waals surface area (Å²) >= 11 is 1.24. The molecule has 7 nitrogen and oxygen atoms in total. The molecule has 0 atom stereocenters. The highest BCUT2D eigenvalue weighted by molar-refractivity contribution is 7.99. The first kappa shape index (κ1) is 11.6. The smallest absolute Gasteiger partial charge is 0.217 e. The standard InChI is InChI=1S/C9H12N6OS/c1-3-6-13-14-9(15(6)10)17-8-11-5-4-7(12-8)16-2/h4-5H,3,10H2,1-2H3. The summed E-state index contributed by atoms with van der Waals surface area (Å²) in [7, 11) is 1.55. The van der Waals surface area contributed by atoms with Crippen LogP contribution in [0.4, 0.5) is 0 Å². The van der Waals surface area contributed by atoms with Gasteiger partial charge in [-0.1, -0.05) is 6.92 Å². The molecule has 0 fully saturated rings. The van der Waals surface area contributed by atoms with Crippen LogP contribution in [0.1, 0.15) is 12.7 Å². The van der Waals surface area contributed by atoms with Crippen molar-refractivity contribution in [3.63, 3.8) is 0 Å². The summed E-state index contributed by atoms with van der Waals surface area (Å²) < 4.78 is 6.45. The number of aryl methyl sites for hydroxylation is 1. The van der Waals surface area contributed by atoms with Crippen molar-refractivity contribution in [2.24, 2.45) is 0 Å². The van der Waals surface area contributed by atoms with Crippen LogP contribution in [0.5, 0.6) is 5.88 Å². The number of hydrogen-bond donors (Lipinski definition) is 1. The predicted molar refractivity (Wildman–Crippen MR) is 62.3 cm³/mol. The van der Waals surface area contributed by atoms with Crippen molar-refractivity contribution in [2.75, 3.05) is 13.0 Å². The number of nitrogen functional groups attached to an aromatic ring is 1. The third kappa shape index (κ3) is 2.47. The molecule has 0 aromatic carbocycles. The van der Waals surface area contributed by atoms with E-state index in [1.54, 1.807) is 19.4 Å². The minimum Gasteiger partial charge on any atom is -0.481 e. The van der Waals surface area contributed by atoms with Crippen LogP contribution in [0, 0.1) is 0 Å². The Morgan fingerprint density at radius 3 is 2.94 bits per heavy atom. The maximum absolute atomic E-state index is 5.82. The fourth-order valence-corrected chi connectivity index (χ4v) is 1.89. The van der Waals surface area contributed by atoms with Crippen LogP contribution in [0.3, 0.4) is 0 Å². The maximum Gasteiger partial charge on any atom is 0.217 e. The molecule has 0 aliphatic carbocycles. The van der Waals surface area contributed by atoms with Crippen LogP contribution in [-0.4, -0.2) is 32.0 Å². The predicted octanol–water partition coefficient (Wildman–Crippen LogP) is 0.504. The largest absolute Gasteiger partial charge is 0.481 e. The lowest BCUT2D eigenvalue weighted by atomic mass is 10.5. The average Bonchev–Trinajstić information content (AvgIpc) is 2.71. The van der Waals surface area contributed by atoms with E-state index in [2.05, 4.69) is 20.2 Å². The monoisotopic (exact) mass is 252 g/mol. The molecule has 0 unspecified atom stereocenters. The maximum atomic E-state index is 5.82. The topological polar surface area (TPSA) is 91.7 Å². The molecule has 0 aliphatic rings. The Morgan fingerprint density at radius 1 is 1.47 bits per heavy atom. The zero-order valence-corrected chi connectivity index (χ0v) is 10.3. The second-order valence-electron chi connectivity index (χ2n) is 3.11. The van der Waals surface area contributed by atoms with E-state index in [1.807, 2.05) is 6.92 Å². The molecule has 90 valence electrons. The van der Waals surface area contributed by atoms with Crippen molar-refractivity contribution in [3.05, 3.63) is 18.1 Å². The number of rotatable bonds is 4. The van der Waals surface area contributed by atoms with Crippen molar-refractivity contribution < 1.29 is 4.74 Å². The molecular formula is C9H12N6OS. The third-order valence-electron chi connectivity index (χ3n) is 2.05. The number of ether oxygens (including phenoxy) is 1. The summed E-state index contributed by atoms with van der Waals surface area (Å²) in [6.45, 7) is 1.96. The highest BCUT2D eigenvalue weighted by Crippen LogP contribution is 2.23. The van der Waals surface area contributed by atoms with Gasteiger partial charge in [0.05, 0.1) is 7.11 Å². The van der Waals surface area contributed by atoms with Gasteiger partial charge >= 0.3 is 0 Å². The Balaban J connectivity index is 2.22. The number of nitrogens with two attached hydrogens (primary N) is 1. The highest BCUT2D eigenvalue weighted by atomic mass is 32.2. The van der Waals surface area contributed by atoms with Gasteiger partial charge in [0.25, 0.3) is 0 Å². The highest BCUT2D eigenvalue weighted by Gasteiger charge is 2.11. The zero-order chi connectivity index (χ0) is 12.3. The fraction of sp³-hybridized carbons (Fsp3) is 0.333. The SMILES string of the molecule is CCc1nnc(Sc2nccc(OC)n2)n1N. The molecule has 0 amide bonds. The molecule has 8 heteroatoms. The van der Waals surface area contributed by atoms with Crippen LogP contribution < -0.4 is 10.6 Å². The van der Waals surface area contributed by atoms with Gasteiger partial charge in [-0.15, -0.1) is 10.2 Å². The molecule has 0 radical (unpaired) electrons. The first-order valence-electron chi connectivity index (χ1n) is 4.98. The van der Waals surface area contributed by atoms with Crippen molar-refractivity contribution in [1.29, 1.82) is 0 Å². The number of hydrogen-bond acceptors (Lipinski definition) is 7. The van der Waals surface area contributed by atoms with Crippen LogP contribution >= 0.6 is 11.8 Å². The Kier molecular flexibility index (Phi) is 3.43. The first-order valence-corrected chi connectivity index (χ1v) is 5.80. The van der Waals surface area contributed by atoms with E-state index in [4.69, 9.17) is 10.6 Å². The van der Waals surface area contributed by atoms with Gasteiger partial charge in [0.15, 0.2) is 11.0 Å². The van der Waals surface area contributed by atoms with Crippen molar-refractivity contribution in [2.45, 2.75) is 23.7 Å². The number of methoxy groups -OCH3 is 1. The van der Waals surface area contributed by atoms with Gasteiger partial charge in [0.2, 0.25) is 11.0 Å². The Bertz CT molecular complexity index is 514. The lowest BCUT2D eigenvalue weighted by Gasteiger charge is -2.02. The summed E-state index contributed by atoms with van der Waals surface area (Å²) in [6, 6.07) is 1.68. The summed E-state index contributed by atoms with van der Waals surface area (Å²) in [6.07, 6.45) is 2.34. The molecular weight excluding hydrogens is 240 g/mol. The van der Waals surface area contributed by atoms with Crippen molar-refractivity contribution in [1.82, 2.24) is 24.8 Å². The van der Waals surface area contributed by atoms with Crippen molar-refractivity contribution >= 4 is 11.8 Å². The van der Waals surface area contributed by atoms with Crippen LogP contribution in [0.2, 0.25) is 0 Å². The van der Waals surface area contributed by atoms with E-state index in [0.717, 1.165) is 12.2 Å². The third-order valence-corrected chi connectivity index (χ3v) is 2.89. The van der Waals surface area contributed by atoms with E-state index < -0.39 is 0 Å². The number of aromatic nitrogens is 5. The van der Waals surface area contributed by atoms with E-state index in [1.165, 1.54) is 16.4 Å². The van der Waals surface area contributed by atoms with Gasteiger partial charge < -0.3 is 10.6 Å². The molecule has 2 aromatic rings. The van der Waals surface area contributed by atoms with Gasteiger partial charge in [0, 0.05) is 18.7 Å². The first-order chi connectivity index (χ1) is 8.24. The molecule has 0 spiro atoms. The summed E-state index contributed by atoms with van der Waals surface area (Å²) in [4.78, 5) is 8.25. The van der Waals surface area contributed by atoms with E-state index in [-0.39, 0.29) is 0 Å². The quantitative estimate of drug-likeness (QED) is 0.625. The van der Waals surface area contributed by atoms with Gasteiger partial charge in [-0.2, -0.15) is 4.98 Å².